The van der Waals surface area contributed by atoms with Gasteiger partial charge >= 0.3 is 0 Å². The highest BCUT2D eigenvalue weighted by molar-refractivity contribution is 5.85. The van der Waals surface area contributed by atoms with Crippen molar-refractivity contribution in [3.63, 3.8) is 0 Å². The summed E-state index contributed by atoms with van der Waals surface area (Å²) in [5.74, 6) is 2.63. The minimum absolute atomic E-state index is 0. The number of benzene rings is 1. The second-order valence-corrected chi connectivity index (χ2v) is 5.81. The fraction of sp³-hybridized carbons (Fsp3) is 0.625. The Morgan fingerprint density at radius 1 is 1.26 bits per heavy atom. The molecule has 19 heavy (non-hydrogen) atoms. The monoisotopic (exact) mass is 281 g/mol. The van der Waals surface area contributed by atoms with E-state index in [9.17, 15) is 0 Å². The summed E-state index contributed by atoms with van der Waals surface area (Å²) >= 11 is 0. The normalized spacial score (nSPS) is 25.4. The molecule has 0 amide bonds. The molecule has 0 spiro atoms. The minimum Gasteiger partial charge on any atom is -0.496 e. The first kappa shape index (κ1) is 14.7. The predicted molar refractivity (Wildman–Crippen MR) is 81.5 cm³/mol. The maximum Gasteiger partial charge on any atom is 0.122 e. The molecular weight excluding hydrogens is 258 g/mol. The standard InChI is InChI=1S/C16H23NO.ClH/c1-11-13-4-3-5-16(18-2)14(13)8-9-15(11)17-10-12-6-7-12;/h3-5,11-12,15,17H,6-10H2,1-2H3;1H. The molecule has 2 atom stereocenters. The van der Waals surface area contributed by atoms with Gasteiger partial charge in [0.05, 0.1) is 7.11 Å². The van der Waals surface area contributed by atoms with E-state index in [0.29, 0.717) is 12.0 Å². The molecule has 1 saturated carbocycles. The number of rotatable bonds is 4. The quantitative estimate of drug-likeness (QED) is 0.912. The molecule has 0 bridgehead atoms. The van der Waals surface area contributed by atoms with Crippen LogP contribution >= 0.6 is 12.4 Å². The van der Waals surface area contributed by atoms with Gasteiger partial charge in [-0.2, -0.15) is 0 Å². The molecule has 1 N–H and O–H groups in total. The van der Waals surface area contributed by atoms with Crippen LogP contribution in [0.4, 0.5) is 0 Å². The van der Waals surface area contributed by atoms with Crippen LogP contribution in [0.5, 0.6) is 5.75 Å². The van der Waals surface area contributed by atoms with Gasteiger partial charge in [-0.15, -0.1) is 12.4 Å². The highest BCUT2D eigenvalue weighted by Crippen LogP contribution is 2.37. The van der Waals surface area contributed by atoms with E-state index < -0.39 is 0 Å². The largest absolute Gasteiger partial charge is 0.496 e. The number of hydrogen-bond acceptors (Lipinski definition) is 2. The highest BCUT2D eigenvalue weighted by atomic mass is 35.5. The summed E-state index contributed by atoms with van der Waals surface area (Å²) in [6.45, 7) is 3.57. The lowest BCUT2D eigenvalue weighted by Gasteiger charge is -2.33. The third-order valence-electron chi connectivity index (χ3n) is 4.55. The zero-order valence-corrected chi connectivity index (χ0v) is 12.6. The van der Waals surface area contributed by atoms with E-state index in [1.54, 1.807) is 7.11 Å². The first-order chi connectivity index (χ1) is 8.79. The number of hydrogen-bond donors (Lipinski definition) is 1. The third-order valence-corrected chi connectivity index (χ3v) is 4.55. The van der Waals surface area contributed by atoms with Crippen molar-refractivity contribution in [2.75, 3.05) is 13.7 Å². The Morgan fingerprint density at radius 2 is 2.05 bits per heavy atom. The summed E-state index contributed by atoms with van der Waals surface area (Å²) in [5, 5.41) is 3.77. The summed E-state index contributed by atoms with van der Waals surface area (Å²) in [5.41, 5.74) is 2.91. The van der Waals surface area contributed by atoms with Crippen LogP contribution in [0.15, 0.2) is 18.2 Å². The molecule has 0 saturated heterocycles. The van der Waals surface area contributed by atoms with Crippen LogP contribution in [-0.4, -0.2) is 19.7 Å². The van der Waals surface area contributed by atoms with Gasteiger partial charge in [0.15, 0.2) is 0 Å². The second-order valence-electron chi connectivity index (χ2n) is 5.81. The topological polar surface area (TPSA) is 21.3 Å². The van der Waals surface area contributed by atoms with E-state index in [2.05, 4.69) is 30.4 Å². The van der Waals surface area contributed by atoms with Gasteiger partial charge in [-0.1, -0.05) is 19.1 Å². The van der Waals surface area contributed by atoms with Crippen molar-refractivity contribution in [1.29, 1.82) is 0 Å². The van der Waals surface area contributed by atoms with Gasteiger partial charge < -0.3 is 10.1 Å². The third kappa shape index (κ3) is 3.06. The Hall–Kier alpha value is -0.730. The maximum atomic E-state index is 5.48. The zero-order valence-electron chi connectivity index (χ0n) is 11.8. The average Bonchev–Trinajstić information content (AvgIpc) is 3.21. The molecule has 0 radical (unpaired) electrons. The van der Waals surface area contributed by atoms with E-state index in [1.807, 2.05) is 0 Å². The van der Waals surface area contributed by atoms with E-state index in [4.69, 9.17) is 4.74 Å². The van der Waals surface area contributed by atoms with E-state index in [-0.39, 0.29) is 12.4 Å². The van der Waals surface area contributed by atoms with Crippen molar-refractivity contribution in [2.24, 2.45) is 5.92 Å². The lowest BCUT2D eigenvalue weighted by molar-refractivity contribution is 0.375. The lowest BCUT2D eigenvalue weighted by atomic mass is 9.80. The van der Waals surface area contributed by atoms with Crippen LogP contribution in [0.2, 0.25) is 0 Å². The molecule has 1 aromatic carbocycles. The molecule has 2 nitrogen and oxygen atoms in total. The fourth-order valence-corrected chi connectivity index (χ4v) is 3.15. The molecule has 0 aromatic heterocycles. The van der Waals surface area contributed by atoms with Crippen LogP contribution in [0.25, 0.3) is 0 Å². The first-order valence-corrected chi connectivity index (χ1v) is 7.18. The summed E-state index contributed by atoms with van der Waals surface area (Å²) < 4.78 is 5.48. The van der Waals surface area contributed by atoms with E-state index in [0.717, 1.165) is 18.1 Å². The molecule has 0 heterocycles. The summed E-state index contributed by atoms with van der Waals surface area (Å²) in [6.07, 6.45) is 5.24. The van der Waals surface area contributed by atoms with Gasteiger partial charge in [0.2, 0.25) is 0 Å². The van der Waals surface area contributed by atoms with Gasteiger partial charge in [0.25, 0.3) is 0 Å². The number of ether oxygens (including phenoxy) is 1. The second kappa shape index (κ2) is 6.15. The Labute approximate surface area is 122 Å². The number of methoxy groups -OCH3 is 1. The fourth-order valence-electron chi connectivity index (χ4n) is 3.15. The Morgan fingerprint density at radius 3 is 2.74 bits per heavy atom. The SMILES string of the molecule is COc1cccc2c1CCC(NCC1CC1)C2C.Cl. The number of fused-ring (bicyclic) bond motifs is 1. The van der Waals surface area contributed by atoms with E-state index >= 15 is 0 Å². The molecule has 0 aliphatic heterocycles. The Kier molecular flexibility index (Phi) is 4.75. The molecule has 1 fully saturated rings. The minimum atomic E-state index is 0. The van der Waals surface area contributed by atoms with Crippen LogP contribution in [0.3, 0.4) is 0 Å². The van der Waals surface area contributed by atoms with Crippen molar-refractivity contribution in [2.45, 2.75) is 44.6 Å². The average molecular weight is 282 g/mol. The van der Waals surface area contributed by atoms with Crippen molar-refractivity contribution < 1.29 is 4.74 Å². The highest BCUT2D eigenvalue weighted by Gasteiger charge is 2.29. The van der Waals surface area contributed by atoms with Crippen molar-refractivity contribution >= 4 is 12.4 Å². The van der Waals surface area contributed by atoms with Gasteiger partial charge in [-0.25, -0.2) is 0 Å². The van der Waals surface area contributed by atoms with Gasteiger partial charge in [0, 0.05) is 6.04 Å². The van der Waals surface area contributed by atoms with Gasteiger partial charge in [-0.05, 0) is 61.3 Å². The molecule has 3 rings (SSSR count). The van der Waals surface area contributed by atoms with Gasteiger partial charge in [0.1, 0.15) is 5.75 Å². The maximum absolute atomic E-state index is 5.48. The summed E-state index contributed by atoms with van der Waals surface area (Å²) in [4.78, 5) is 0. The first-order valence-electron chi connectivity index (χ1n) is 7.18. The van der Waals surface area contributed by atoms with Crippen molar-refractivity contribution in [3.8, 4) is 5.75 Å². The van der Waals surface area contributed by atoms with Crippen molar-refractivity contribution in [1.82, 2.24) is 5.32 Å². The molecule has 2 unspecified atom stereocenters. The number of halogens is 1. The molecule has 2 aliphatic rings. The van der Waals surface area contributed by atoms with Crippen LogP contribution in [0.1, 0.15) is 43.2 Å². The Bertz CT molecular complexity index is 431. The Balaban J connectivity index is 0.00000133. The van der Waals surface area contributed by atoms with Gasteiger partial charge in [-0.3, -0.25) is 0 Å². The smallest absolute Gasteiger partial charge is 0.122 e. The van der Waals surface area contributed by atoms with E-state index in [1.165, 1.54) is 36.9 Å². The van der Waals surface area contributed by atoms with Crippen LogP contribution in [-0.2, 0) is 6.42 Å². The van der Waals surface area contributed by atoms with Crippen molar-refractivity contribution in [3.05, 3.63) is 29.3 Å². The predicted octanol–water partition coefficient (Wildman–Crippen LogP) is 3.53. The zero-order chi connectivity index (χ0) is 12.5. The molecule has 106 valence electrons. The molecular formula is C16H24ClNO. The number of nitrogens with one attached hydrogen (secondary N) is 1. The molecule has 2 aliphatic carbocycles. The molecule has 3 heteroatoms. The summed E-state index contributed by atoms with van der Waals surface area (Å²) in [6, 6.07) is 7.12. The molecule has 1 aromatic rings. The summed E-state index contributed by atoms with van der Waals surface area (Å²) in [7, 11) is 1.78. The van der Waals surface area contributed by atoms with Crippen LogP contribution < -0.4 is 10.1 Å². The lowest BCUT2D eigenvalue weighted by Crippen LogP contribution is -2.38. The van der Waals surface area contributed by atoms with Crippen LogP contribution in [0, 0.1) is 5.92 Å².